The van der Waals surface area contributed by atoms with Gasteiger partial charge in [0.25, 0.3) is 0 Å². The highest BCUT2D eigenvalue weighted by atomic mass is 127. The molecule has 2 nitrogen and oxygen atoms in total. The largest absolute Gasteiger partial charge is 1.00 e. The average molecular weight is 280 g/mol. The predicted molar refractivity (Wildman–Crippen MR) is 48.1 cm³/mol. The van der Waals surface area contributed by atoms with Crippen LogP contribution in [0.25, 0.3) is 0 Å². The van der Waals surface area contributed by atoms with E-state index in [2.05, 4.69) is 43.9 Å². The molecule has 1 rings (SSSR count). The fraction of sp³-hybridized carbons (Fsp3) is 0.667. The maximum absolute atomic E-state index is 3.32. The molecule has 1 heterocycles. The van der Waals surface area contributed by atoms with Gasteiger partial charge in [-0.15, -0.1) is 0 Å². The Hall–Kier alpha value is -0.0600. The summed E-state index contributed by atoms with van der Waals surface area (Å²) < 4.78 is 2.17. The number of hydrogen-bond donors (Lipinski definition) is 1. The third-order valence-corrected chi connectivity index (χ3v) is 1.95. The van der Waals surface area contributed by atoms with E-state index in [4.69, 9.17) is 0 Å². The first kappa shape index (κ1) is 11.9. The van der Waals surface area contributed by atoms with Crippen LogP contribution in [-0.4, -0.2) is 29.9 Å². The summed E-state index contributed by atoms with van der Waals surface area (Å²) in [5.74, 6) is 0. The van der Waals surface area contributed by atoms with E-state index in [0.29, 0.717) is 0 Å². The Labute approximate surface area is 91.8 Å². The highest BCUT2D eigenvalue weighted by Crippen LogP contribution is 2.13. The Kier molecular flexibility index (Phi) is 4.23. The molecule has 1 aliphatic rings. The van der Waals surface area contributed by atoms with E-state index in [9.17, 15) is 0 Å². The molecule has 0 aromatic rings. The van der Waals surface area contributed by atoms with Crippen LogP contribution in [-0.2, 0) is 0 Å². The maximum Gasteiger partial charge on any atom is 0.179 e. The van der Waals surface area contributed by atoms with Crippen LogP contribution in [0.3, 0.4) is 0 Å². The van der Waals surface area contributed by atoms with Gasteiger partial charge in [0.1, 0.15) is 14.1 Å². The van der Waals surface area contributed by atoms with Crippen LogP contribution in [0.15, 0.2) is 12.3 Å². The van der Waals surface area contributed by atoms with Crippen LogP contribution in [0.1, 0.15) is 20.3 Å². The highest BCUT2D eigenvalue weighted by molar-refractivity contribution is 5.92. The Morgan fingerprint density at radius 3 is 2.33 bits per heavy atom. The second kappa shape index (κ2) is 4.25. The molecule has 1 N–H and O–H groups in total. The van der Waals surface area contributed by atoms with Crippen molar-refractivity contribution in [3.8, 4) is 0 Å². The Morgan fingerprint density at radius 2 is 2.00 bits per heavy atom. The monoisotopic (exact) mass is 280 g/mol. The summed E-state index contributed by atoms with van der Waals surface area (Å²) in [6.45, 7) is 4.42. The molecule has 12 heavy (non-hydrogen) atoms. The second-order valence-electron chi connectivity index (χ2n) is 3.92. The van der Waals surface area contributed by atoms with Gasteiger partial charge in [0.05, 0.1) is 6.42 Å². The normalized spacial score (nSPS) is 19.5. The Balaban J connectivity index is 0.00000121. The molecule has 70 valence electrons. The molecular formula is C9H17IN2. The smallest absolute Gasteiger partial charge is 0.179 e. The van der Waals surface area contributed by atoms with Crippen molar-refractivity contribution in [2.75, 3.05) is 14.1 Å². The van der Waals surface area contributed by atoms with Crippen molar-refractivity contribution in [1.29, 1.82) is 0 Å². The molecule has 0 atom stereocenters. The van der Waals surface area contributed by atoms with Crippen LogP contribution in [0.4, 0.5) is 0 Å². The van der Waals surface area contributed by atoms with Gasteiger partial charge in [0, 0.05) is 17.8 Å². The molecule has 0 saturated heterocycles. The van der Waals surface area contributed by atoms with Gasteiger partial charge in [0.15, 0.2) is 5.71 Å². The SMILES string of the molecule is C[N+](C)=C1C=CNC(C)(C)C1.[I-]. The highest BCUT2D eigenvalue weighted by Gasteiger charge is 2.24. The van der Waals surface area contributed by atoms with Crippen LogP contribution < -0.4 is 29.3 Å². The Bertz CT molecular complexity index is 213. The molecule has 0 fully saturated rings. The standard InChI is InChI=1S/C9H16N2.HI/c1-9(2)7-8(11(3)4)5-6-10-9;/h5-6H,7H2,1-4H3;1H. The quantitative estimate of drug-likeness (QED) is 0.400. The molecule has 0 aromatic heterocycles. The first-order chi connectivity index (χ1) is 5.01. The molecule has 0 aromatic carbocycles. The second-order valence-corrected chi connectivity index (χ2v) is 3.92. The van der Waals surface area contributed by atoms with Crippen LogP contribution in [0.5, 0.6) is 0 Å². The number of hydrogen-bond acceptors (Lipinski definition) is 1. The molecule has 0 aliphatic carbocycles. The lowest BCUT2D eigenvalue weighted by atomic mass is 9.94. The number of rotatable bonds is 0. The molecule has 0 bridgehead atoms. The van der Waals surface area contributed by atoms with Crippen LogP contribution >= 0.6 is 0 Å². The number of nitrogens with one attached hydrogen (secondary N) is 1. The van der Waals surface area contributed by atoms with Gasteiger partial charge < -0.3 is 29.3 Å². The molecule has 0 spiro atoms. The fourth-order valence-corrected chi connectivity index (χ4v) is 1.23. The van der Waals surface area contributed by atoms with E-state index in [0.717, 1.165) is 6.42 Å². The lowest BCUT2D eigenvalue weighted by molar-refractivity contribution is -0.465. The minimum atomic E-state index is 0. The van der Waals surface area contributed by atoms with Crippen molar-refractivity contribution in [3.63, 3.8) is 0 Å². The molecular weight excluding hydrogens is 263 g/mol. The summed E-state index contributed by atoms with van der Waals surface area (Å²) in [6.07, 6.45) is 5.25. The van der Waals surface area contributed by atoms with Crippen molar-refractivity contribution >= 4 is 5.71 Å². The van der Waals surface area contributed by atoms with E-state index in [1.54, 1.807) is 0 Å². The van der Waals surface area contributed by atoms with E-state index < -0.39 is 0 Å². The topological polar surface area (TPSA) is 15.0 Å². The van der Waals surface area contributed by atoms with Crippen molar-refractivity contribution in [2.45, 2.75) is 25.8 Å². The summed E-state index contributed by atoms with van der Waals surface area (Å²) in [6, 6.07) is 0. The van der Waals surface area contributed by atoms with Crippen molar-refractivity contribution in [2.24, 2.45) is 0 Å². The lowest BCUT2D eigenvalue weighted by Gasteiger charge is -2.27. The molecule has 0 radical (unpaired) electrons. The van der Waals surface area contributed by atoms with Gasteiger partial charge >= 0.3 is 0 Å². The third-order valence-electron chi connectivity index (χ3n) is 1.95. The Morgan fingerprint density at radius 1 is 1.42 bits per heavy atom. The minimum Gasteiger partial charge on any atom is -1.00 e. The van der Waals surface area contributed by atoms with Gasteiger partial charge in [-0.05, 0) is 13.8 Å². The van der Waals surface area contributed by atoms with Gasteiger partial charge in [0.2, 0.25) is 0 Å². The summed E-state index contributed by atoms with van der Waals surface area (Å²) in [4.78, 5) is 0. The first-order valence-corrected chi connectivity index (χ1v) is 3.99. The van der Waals surface area contributed by atoms with E-state index in [1.165, 1.54) is 5.71 Å². The van der Waals surface area contributed by atoms with Crippen LogP contribution in [0.2, 0.25) is 0 Å². The average Bonchev–Trinajstić information content (AvgIpc) is 1.85. The van der Waals surface area contributed by atoms with Crippen molar-refractivity contribution in [1.82, 2.24) is 5.32 Å². The zero-order valence-corrected chi connectivity index (χ0v) is 10.3. The zero-order valence-electron chi connectivity index (χ0n) is 8.19. The van der Waals surface area contributed by atoms with Gasteiger partial charge in [-0.1, -0.05) is 0 Å². The summed E-state index contributed by atoms with van der Waals surface area (Å²) >= 11 is 0. The zero-order chi connectivity index (χ0) is 8.48. The van der Waals surface area contributed by atoms with Gasteiger partial charge in [-0.25, -0.2) is 4.58 Å². The first-order valence-electron chi connectivity index (χ1n) is 3.99. The molecule has 0 saturated carbocycles. The van der Waals surface area contributed by atoms with Crippen LogP contribution in [0, 0.1) is 0 Å². The molecule has 1 aliphatic heterocycles. The van der Waals surface area contributed by atoms with Gasteiger partial charge in [-0.3, -0.25) is 0 Å². The third kappa shape index (κ3) is 3.13. The predicted octanol–water partition coefficient (Wildman–Crippen LogP) is -2.01. The summed E-state index contributed by atoms with van der Waals surface area (Å²) in [5, 5.41) is 3.32. The molecule has 0 unspecified atom stereocenters. The fourth-order valence-electron chi connectivity index (χ4n) is 1.23. The maximum atomic E-state index is 3.32. The van der Waals surface area contributed by atoms with E-state index in [-0.39, 0.29) is 29.5 Å². The minimum absolute atomic E-state index is 0. The molecule has 3 heteroatoms. The number of halogens is 1. The summed E-state index contributed by atoms with van der Waals surface area (Å²) in [5.41, 5.74) is 1.60. The van der Waals surface area contributed by atoms with Crippen molar-refractivity contribution < 1.29 is 28.6 Å². The number of allylic oxidation sites excluding steroid dienone is 1. The molecule has 0 amide bonds. The summed E-state index contributed by atoms with van der Waals surface area (Å²) in [7, 11) is 4.17. The van der Waals surface area contributed by atoms with Gasteiger partial charge in [-0.2, -0.15) is 0 Å². The lowest BCUT2D eigenvalue weighted by Crippen LogP contribution is -3.00. The van der Waals surface area contributed by atoms with E-state index >= 15 is 0 Å². The van der Waals surface area contributed by atoms with Crippen molar-refractivity contribution in [3.05, 3.63) is 12.3 Å². The number of nitrogens with zero attached hydrogens (tertiary/aromatic N) is 1. The van der Waals surface area contributed by atoms with E-state index in [1.807, 2.05) is 6.20 Å².